The number of rotatable bonds is 1. The van der Waals surface area contributed by atoms with Crippen molar-refractivity contribution in [1.82, 2.24) is 10.2 Å². The molecule has 2 aliphatic heterocycles. The summed E-state index contributed by atoms with van der Waals surface area (Å²) >= 11 is 0. The molecule has 0 bridgehead atoms. The van der Waals surface area contributed by atoms with Crippen molar-refractivity contribution in [2.45, 2.75) is 51.0 Å². The van der Waals surface area contributed by atoms with Gasteiger partial charge < -0.3 is 15.0 Å². The summed E-state index contributed by atoms with van der Waals surface area (Å²) < 4.78 is 5.46. The molecule has 17 heavy (non-hydrogen) atoms. The van der Waals surface area contributed by atoms with Crippen LogP contribution in [0.25, 0.3) is 0 Å². The molecule has 4 nitrogen and oxygen atoms in total. The molecule has 0 aromatic heterocycles. The van der Waals surface area contributed by atoms with Gasteiger partial charge >= 0.3 is 6.03 Å². The van der Waals surface area contributed by atoms with E-state index in [-0.39, 0.29) is 11.6 Å². The van der Waals surface area contributed by atoms with Gasteiger partial charge in [-0.2, -0.15) is 0 Å². The van der Waals surface area contributed by atoms with E-state index in [0.29, 0.717) is 6.61 Å². The summed E-state index contributed by atoms with van der Waals surface area (Å²) in [5, 5.41) is 3.15. The van der Waals surface area contributed by atoms with Crippen LogP contribution in [0, 0.1) is 0 Å². The summed E-state index contributed by atoms with van der Waals surface area (Å²) in [6.07, 6.45) is 6.85. The number of hydrogen-bond donors (Lipinski definition) is 1. The molecule has 0 aromatic carbocycles. The Balaban J connectivity index is 1.86. The molecule has 2 heterocycles. The lowest BCUT2D eigenvalue weighted by Crippen LogP contribution is -2.55. The van der Waals surface area contributed by atoms with Crippen molar-refractivity contribution in [1.29, 1.82) is 0 Å². The van der Waals surface area contributed by atoms with E-state index in [2.05, 4.69) is 12.2 Å². The topological polar surface area (TPSA) is 41.6 Å². The third kappa shape index (κ3) is 3.60. The second-order valence-electron chi connectivity index (χ2n) is 5.55. The number of carbonyl (C=O) groups is 1. The molecule has 0 aromatic rings. The number of urea groups is 1. The van der Waals surface area contributed by atoms with Crippen LogP contribution >= 0.6 is 0 Å². The van der Waals surface area contributed by atoms with E-state index >= 15 is 0 Å². The van der Waals surface area contributed by atoms with Crippen molar-refractivity contribution in [2.24, 2.45) is 0 Å². The summed E-state index contributed by atoms with van der Waals surface area (Å²) in [6.45, 7) is 5.37. The zero-order chi connectivity index (χ0) is 12.1. The van der Waals surface area contributed by atoms with Crippen LogP contribution in [0.4, 0.5) is 4.79 Å². The molecule has 1 unspecified atom stereocenters. The highest BCUT2D eigenvalue weighted by Crippen LogP contribution is 2.19. The van der Waals surface area contributed by atoms with Crippen LogP contribution in [0.15, 0.2) is 0 Å². The number of nitrogens with zero attached hydrogens (tertiary/aromatic N) is 1. The van der Waals surface area contributed by atoms with Gasteiger partial charge in [0.15, 0.2) is 0 Å². The van der Waals surface area contributed by atoms with Gasteiger partial charge in [0.05, 0.1) is 12.1 Å². The fourth-order valence-electron chi connectivity index (χ4n) is 2.64. The molecule has 2 rings (SSSR count). The van der Waals surface area contributed by atoms with Gasteiger partial charge in [0, 0.05) is 19.7 Å². The van der Waals surface area contributed by atoms with Crippen LogP contribution in [0.5, 0.6) is 0 Å². The lowest BCUT2D eigenvalue weighted by molar-refractivity contribution is 0.0308. The van der Waals surface area contributed by atoms with E-state index in [9.17, 15) is 4.79 Å². The molecule has 1 N–H and O–H groups in total. The van der Waals surface area contributed by atoms with Gasteiger partial charge in [-0.1, -0.05) is 12.8 Å². The highest BCUT2D eigenvalue weighted by Gasteiger charge is 2.30. The Morgan fingerprint density at radius 2 is 1.88 bits per heavy atom. The first-order valence-electron chi connectivity index (χ1n) is 6.84. The van der Waals surface area contributed by atoms with Crippen LogP contribution in [0.1, 0.15) is 45.4 Å². The molecular formula is C13H24N2O2. The maximum Gasteiger partial charge on any atom is 0.317 e. The molecule has 0 spiro atoms. The van der Waals surface area contributed by atoms with Crippen molar-refractivity contribution >= 4 is 6.03 Å². The molecule has 98 valence electrons. The first kappa shape index (κ1) is 12.7. The minimum Gasteiger partial charge on any atom is -0.379 e. The van der Waals surface area contributed by atoms with Gasteiger partial charge in [0.25, 0.3) is 0 Å². The van der Waals surface area contributed by atoms with Crippen molar-refractivity contribution in [3.8, 4) is 0 Å². The molecule has 4 heteroatoms. The fraction of sp³-hybridized carbons (Fsp3) is 0.923. The predicted octanol–water partition coefficient (Wildman–Crippen LogP) is 2.14. The van der Waals surface area contributed by atoms with E-state index in [1.54, 1.807) is 0 Å². The normalized spacial score (nSPS) is 30.8. The van der Waals surface area contributed by atoms with Crippen molar-refractivity contribution < 1.29 is 9.53 Å². The molecule has 0 aliphatic carbocycles. The first-order valence-corrected chi connectivity index (χ1v) is 6.84. The Morgan fingerprint density at radius 3 is 2.47 bits per heavy atom. The average Bonchev–Trinajstić information content (AvgIpc) is 2.57. The average molecular weight is 240 g/mol. The Morgan fingerprint density at radius 1 is 1.18 bits per heavy atom. The van der Waals surface area contributed by atoms with Gasteiger partial charge in [-0.15, -0.1) is 0 Å². The van der Waals surface area contributed by atoms with Gasteiger partial charge in [-0.25, -0.2) is 4.79 Å². The Kier molecular flexibility index (Phi) is 4.26. The molecular weight excluding hydrogens is 216 g/mol. The summed E-state index contributed by atoms with van der Waals surface area (Å²) in [7, 11) is 0. The molecule has 2 saturated heterocycles. The molecule has 2 aliphatic rings. The number of ether oxygens (including phenoxy) is 1. The maximum absolute atomic E-state index is 12.2. The van der Waals surface area contributed by atoms with E-state index in [0.717, 1.165) is 45.4 Å². The molecule has 0 saturated carbocycles. The molecule has 0 radical (unpaired) electrons. The SMILES string of the molecule is CC1(NC(=O)N2CCCCCC2)CCCOC1. The standard InChI is InChI=1S/C13H24N2O2/c1-13(7-6-10-17-11-13)14-12(16)15-8-4-2-3-5-9-15/h2-11H2,1H3,(H,14,16). The Labute approximate surface area is 104 Å². The smallest absolute Gasteiger partial charge is 0.317 e. The van der Waals surface area contributed by atoms with Gasteiger partial charge in [0.2, 0.25) is 0 Å². The van der Waals surface area contributed by atoms with Crippen LogP contribution in [-0.4, -0.2) is 42.8 Å². The third-order valence-corrected chi connectivity index (χ3v) is 3.74. The summed E-state index contributed by atoms with van der Waals surface area (Å²) in [5.41, 5.74) is -0.165. The first-order chi connectivity index (χ1) is 8.20. The van der Waals surface area contributed by atoms with E-state index in [4.69, 9.17) is 4.74 Å². The molecule has 1 atom stereocenters. The van der Waals surface area contributed by atoms with E-state index < -0.39 is 0 Å². The van der Waals surface area contributed by atoms with E-state index in [1.165, 1.54) is 12.8 Å². The van der Waals surface area contributed by atoms with Crippen LogP contribution in [0.3, 0.4) is 0 Å². The highest BCUT2D eigenvalue weighted by molar-refractivity contribution is 5.75. The van der Waals surface area contributed by atoms with Crippen LogP contribution in [0.2, 0.25) is 0 Å². The number of carbonyl (C=O) groups excluding carboxylic acids is 1. The van der Waals surface area contributed by atoms with Gasteiger partial charge in [-0.3, -0.25) is 0 Å². The van der Waals surface area contributed by atoms with Crippen molar-refractivity contribution in [2.75, 3.05) is 26.3 Å². The second kappa shape index (κ2) is 5.71. The Hall–Kier alpha value is -0.770. The largest absolute Gasteiger partial charge is 0.379 e. The zero-order valence-electron chi connectivity index (χ0n) is 10.8. The molecule has 2 amide bonds. The quantitative estimate of drug-likeness (QED) is 0.763. The minimum absolute atomic E-state index is 0.0971. The van der Waals surface area contributed by atoms with Gasteiger partial charge in [0.1, 0.15) is 0 Å². The predicted molar refractivity (Wildman–Crippen MR) is 67.0 cm³/mol. The number of likely N-dealkylation sites (tertiary alicyclic amines) is 1. The lowest BCUT2D eigenvalue weighted by atomic mass is 9.95. The monoisotopic (exact) mass is 240 g/mol. The molecule has 2 fully saturated rings. The number of hydrogen-bond acceptors (Lipinski definition) is 2. The van der Waals surface area contributed by atoms with Crippen molar-refractivity contribution in [3.05, 3.63) is 0 Å². The van der Waals surface area contributed by atoms with E-state index in [1.807, 2.05) is 4.90 Å². The highest BCUT2D eigenvalue weighted by atomic mass is 16.5. The lowest BCUT2D eigenvalue weighted by Gasteiger charge is -2.36. The second-order valence-corrected chi connectivity index (χ2v) is 5.55. The third-order valence-electron chi connectivity index (χ3n) is 3.74. The number of nitrogens with one attached hydrogen (secondary N) is 1. The van der Waals surface area contributed by atoms with Crippen LogP contribution in [-0.2, 0) is 4.74 Å². The van der Waals surface area contributed by atoms with Crippen LogP contribution < -0.4 is 5.32 Å². The number of amides is 2. The summed E-state index contributed by atoms with van der Waals surface area (Å²) in [4.78, 5) is 14.1. The van der Waals surface area contributed by atoms with Crippen molar-refractivity contribution in [3.63, 3.8) is 0 Å². The fourth-order valence-corrected chi connectivity index (χ4v) is 2.64. The maximum atomic E-state index is 12.2. The summed E-state index contributed by atoms with van der Waals surface area (Å²) in [5.74, 6) is 0. The zero-order valence-corrected chi connectivity index (χ0v) is 10.8. The van der Waals surface area contributed by atoms with Gasteiger partial charge in [-0.05, 0) is 32.6 Å². The summed E-state index contributed by atoms with van der Waals surface area (Å²) in [6, 6.07) is 0.0971. The Bertz CT molecular complexity index is 254. The minimum atomic E-state index is -0.165.